The zero-order chi connectivity index (χ0) is 9.68. The van der Waals surface area contributed by atoms with E-state index in [9.17, 15) is 8.78 Å². The highest BCUT2D eigenvalue weighted by Gasteiger charge is 2.24. The van der Waals surface area contributed by atoms with Crippen molar-refractivity contribution in [1.82, 2.24) is 4.90 Å². The third kappa shape index (κ3) is 3.31. The van der Waals surface area contributed by atoms with E-state index >= 15 is 0 Å². The van der Waals surface area contributed by atoms with Gasteiger partial charge in [0.05, 0.1) is 12.6 Å². The van der Waals surface area contributed by atoms with E-state index < -0.39 is 6.43 Å². The molecule has 13 heavy (non-hydrogen) atoms. The lowest BCUT2D eigenvalue weighted by Gasteiger charge is -2.19. The van der Waals surface area contributed by atoms with Crippen molar-refractivity contribution >= 4 is 0 Å². The van der Waals surface area contributed by atoms with E-state index in [1.165, 1.54) is 0 Å². The standard InChI is InChI=1S/C10H15F2N/c1-2-3-5-9-6-4-7-13(9)8-10(11)12/h9-10H,2,4,6-8H2,1H3. The molecule has 0 saturated carbocycles. The van der Waals surface area contributed by atoms with Gasteiger partial charge in [0, 0.05) is 6.42 Å². The Bertz CT molecular complexity index is 205. The first kappa shape index (κ1) is 10.5. The summed E-state index contributed by atoms with van der Waals surface area (Å²) < 4.78 is 24.2. The van der Waals surface area contributed by atoms with Crippen LogP contribution in [0.2, 0.25) is 0 Å². The molecule has 1 heterocycles. The van der Waals surface area contributed by atoms with Gasteiger partial charge in [0.1, 0.15) is 0 Å². The summed E-state index contributed by atoms with van der Waals surface area (Å²) >= 11 is 0. The molecule has 0 aliphatic carbocycles. The Morgan fingerprint density at radius 3 is 2.92 bits per heavy atom. The fraction of sp³-hybridized carbons (Fsp3) is 0.800. The van der Waals surface area contributed by atoms with E-state index in [2.05, 4.69) is 11.8 Å². The SMILES string of the molecule is CCC#CC1CCCN1CC(F)F. The molecule has 0 amide bonds. The summed E-state index contributed by atoms with van der Waals surface area (Å²) in [6.07, 6.45) is 0.512. The summed E-state index contributed by atoms with van der Waals surface area (Å²) in [7, 11) is 0. The molecule has 0 N–H and O–H groups in total. The van der Waals surface area contributed by atoms with Gasteiger partial charge in [-0.2, -0.15) is 0 Å². The zero-order valence-electron chi connectivity index (χ0n) is 7.89. The second kappa shape index (κ2) is 5.18. The van der Waals surface area contributed by atoms with E-state index in [0.717, 1.165) is 25.8 Å². The maximum Gasteiger partial charge on any atom is 0.251 e. The van der Waals surface area contributed by atoms with Gasteiger partial charge in [-0.15, -0.1) is 5.92 Å². The van der Waals surface area contributed by atoms with Gasteiger partial charge in [0.15, 0.2) is 0 Å². The fourth-order valence-electron chi connectivity index (χ4n) is 1.61. The second-order valence-corrected chi connectivity index (χ2v) is 3.22. The maximum absolute atomic E-state index is 12.1. The summed E-state index contributed by atoms with van der Waals surface area (Å²) in [6.45, 7) is 2.62. The van der Waals surface area contributed by atoms with Crippen molar-refractivity contribution in [3.63, 3.8) is 0 Å². The summed E-state index contributed by atoms with van der Waals surface area (Å²) in [5.41, 5.74) is 0. The maximum atomic E-state index is 12.1. The molecule has 0 aromatic carbocycles. The van der Waals surface area contributed by atoms with Crippen molar-refractivity contribution in [2.24, 2.45) is 0 Å². The van der Waals surface area contributed by atoms with Gasteiger partial charge in [-0.05, 0) is 19.4 Å². The van der Waals surface area contributed by atoms with Crippen molar-refractivity contribution in [2.75, 3.05) is 13.1 Å². The van der Waals surface area contributed by atoms with Crippen LogP contribution < -0.4 is 0 Å². The van der Waals surface area contributed by atoms with Crippen LogP contribution in [0.15, 0.2) is 0 Å². The lowest BCUT2D eigenvalue weighted by atomic mass is 10.2. The first-order chi connectivity index (χ1) is 6.24. The van der Waals surface area contributed by atoms with Crippen molar-refractivity contribution in [3.8, 4) is 11.8 Å². The molecule has 1 aliphatic heterocycles. The average molecular weight is 187 g/mol. The Labute approximate surface area is 78.1 Å². The largest absolute Gasteiger partial charge is 0.284 e. The normalized spacial score (nSPS) is 23.2. The second-order valence-electron chi connectivity index (χ2n) is 3.22. The highest BCUT2D eigenvalue weighted by atomic mass is 19.3. The quantitative estimate of drug-likeness (QED) is 0.598. The van der Waals surface area contributed by atoms with Crippen LogP contribution in [0, 0.1) is 11.8 Å². The highest BCUT2D eigenvalue weighted by Crippen LogP contribution is 2.17. The summed E-state index contributed by atoms with van der Waals surface area (Å²) in [5, 5.41) is 0. The van der Waals surface area contributed by atoms with Crippen molar-refractivity contribution in [3.05, 3.63) is 0 Å². The predicted octanol–water partition coefficient (Wildman–Crippen LogP) is 2.13. The summed E-state index contributed by atoms with van der Waals surface area (Å²) in [4.78, 5) is 1.79. The Morgan fingerprint density at radius 1 is 1.54 bits per heavy atom. The molecule has 1 saturated heterocycles. The van der Waals surface area contributed by atoms with Crippen LogP contribution in [0.25, 0.3) is 0 Å². The molecule has 3 heteroatoms. The Kier molecular flexibility index (Phi) is 4.17. The van der Waals surface area contributed by atoms with Crippen LogP contribution >= 0.6 is 0 Å². The molecular formula is C10H15F2N. The van der Waals surface area contributed by atoms with E-state index in [-0.39, 0.29) is 12.6 Å². The van der Waals surface area contributed by atoms with Gasteiger partial charge in [-0.25, -0.2) is 8.78 Å². The van der Waals surface area contributed by atoms with E-state index in [0.29, 0.717) is 0 Å². The molecule has 0 aromatic heterocycles. The van der Waals surface area contributed by atoms with Gasteiger partial charge in [0.25, 0.3) is 6.43 Å². The molecule has 0 aromatic rings. The number of nitrogens with zero attached hydrogens (tertiary/aromatic N) is 1. The minimum atomic E-state index is -2.23. The van der Waals surface area contributed by atoms with Crippen molar-refractivity contribution in [1.29, 1.82) is 0 Å². The van der Waals surface area contributed by atoms with Gasteiger partial charge >= 0.3 is 0 Å². The van der Waals surface area contributed by atoms with E-state index in [1.54, 1.807) is 4.90 Å². The lowest BCUT2D eigenvalue weighted by Crippen LogP contribution is -2.32. The molecule has 1 atom stereocenters. The Morgan fingerprint density at radius 2 is 2.31 bits per heavy atom. The monoisotopic (exact) mass is 187 g/mol. The highest BCUT2D eigenvalue weighted by molar-refractivity contribution is 5.09. The van der Waals surface area contributed by atoms with Gasteiger partial charge in [-0.1, -0.05) is 12.8 Å². The molecule has 1 rings (SSSR count). The molecule has 1 aliphatic rings. The van der Waals surface area contributed by atoms with Crippen LogP contribution in [0.5, 0.6) is 0 Å². The lowest BCUT2D eigenvalue weighted by molar-refractivity contribution is 0.0912. The van der Waals surface area contributed by atoms with Gasteiger partial charge in [0.2, 0.25) is 0 Å². The smallest absolute Gasteiger partial charge is 0.251 e. The van der Waals surface area contributed by atoms with Crippen molar-refractivity contribution in [2.45, 2.75) is 38.7 Å². The van der Waals surface area contributed by atoms with Crippen molar-refractivity contribution < 1.29 is 8.78 Å². The molecular weight excluding hydrogens is 172 g/mol. The van der Waals surface area contributed by atoms with Crippen LogP contribution in [0.4, 0.5) is 8.78 Å². The summed E-state index contributed by atoms with van der Waals surface area (Å²) in [5.74, 6) is 5.99. The predicted molar refractivity (Wildman–Crippen MR) is 48.7 cm³/mol. The van der Waals surface area contributed by atoms with Crippen LogP contribution in [-0.2, 0) is 0 Å². The molecule has 0 radical (unpaired) electrons. The van der Waals surface area contributed by atoms with Crippen LogP contribution in [-0.4, -0.2) is 30.5 Å². The Balaban J connectivity index is 2.43. The Hall–Kier alpha value is -0.620. The van der Waals surface area contributed by atoms with E-state index in [4.69, 9.17) is 0 Å². The zero-order valence-corrected chi connectivity index (χ0v) is 7.89. The molecule has 0 bridgehead atoms. The molecule has 74 valence electrons. The number of hydrogen-bond acceptors (Lipinski definition) is 1. The van der Waals surface area contributed by atoms with Crippen LogP contribution in [0.3, 0.4) is 0 Å². The summed E-state index contributed by atoms with van der Waals surface area (Å²) in [6, 6.07) is 0.0777. The first-order valence-corrected chi connectivity index (χ1v) is 4.74. The van der Waals surface area contributed by atoms with Gasteiger partial charge < -0.3 is 0 Å². The molecule has 1 fully saturated rings. The number of likely N-dealkylation sites (tertiary alicyclic amines) is 1. The fourth-order valence-corrected chi connectivity index (χ4v) is 1.61. The molecule has 1 unspecified atom stereocenters. The minimum Gasteiger partial charge on any atom is -0.284 e. The molecule has 0 spiro atoms. The number of hydrogen-bond donors (Lipinski definition) is 0. The van der Waals surface area contributed by atoms with Crippen LogP contribution in [0.1, 0.15) is 26.2 Å². The first-order valence-electron chi connectivity index (χ1n) is 4.74. The molecule has 1 nitrogen and oxygen atoms in total. The van der Waals surface area contributed by atoms with Gasteiger partial charge in [-0.3, -0.25) is 4.90 Å². The number of rotatable bonds is 2. The topological polar surface area (TPSA) is 3.24 Å². The average Bonchev–Trinajstić information content (AvgIpc) is 2.48. The van der Waals surface area contributed by atoms with E-state index in [1.807, 2.05) is 6.92 Å². The third-order valence-corrected chi connectivity index (χ3v) is 2.18. The minimum absolute atomic E-state index is 0.0777. The number of halogens is 2. The third-order valence-electron chi connectivity index (χ3n) is 2.18. The number of alkyl halides is 2.